The van der Waals surface area contributed by atoms with E-state index in [-0.39, 0.29) is 35.4 Å². The van der Waals surface area contributed by atoms with Crippen molar-refractivity contribution < 1.29 is 18.0 Å². The van der Waals surface area contributed by atoms with Crippen molar-refractivity contribution in [1.82, 2.24) is 10.2 Å². The predicted octanol–water partition coefficient (Wildman–Crippen LogP) is 1.98. The minimum absolute atomic E-state index is 0.0496. The van der Waals surface area contributed by atoms with E-state index in [0.717, 1.165) is 9.35 Å². The Kier molecular flexibility index (Phi) is 6.08. The van der Waals surface area contributed by atoms with E-state index >= 15 is 0 Å². The van der Waals surface area contributed by atoms with Crippen LogP contribution in [0.5, 0.6) is 0 Å². The molecule has 9 heteroatoms. The number of nitrogens with one attached hydrogen (secondary N) is 1. The van der Waals surface area contributed by atoms with Crippen LogP contribution >= 0.6 is 27.3 Å². The first-order chi connectivity index (χ1) is 12.3. The fourth-order valence-electron chi connectivity index (χ4n) is 3.72. The van der Waals surface area contributed by atoms with Gasteiger partial charge in [0.15, 0.2) is 9.84 Å². The molecule has 2 amide bonds. The third kappa shape index (κ3) is 4.48. The standard InChI is InChI=1S/C17H23BrN2O4S2/c1-11-14(19-17(22)13-3-2-8-26(23,24)10-13)4-6-20(11)15(21)9-12-5-7-25-16(12)18/h5,7,11,13-14H,2-4,6,8-10H2,1H3,(H,19,22)/t11-,13?,14-/m1/s1. The van der Waals surface area contributed by atoms with Gasteiger partial charge in [0.25, 0.3) is 0 Å². The Bertz CT molecular complexity index is 792. The molecule has 2 aliphatic rings. The molecule has 0 spiro atoms. The second-order valence-corrected chi connectivity index (χ2v) is 11.5. The first-order valence-corrected chi connectivity index (χ1v) is 12.3. The van der Waals surface area contributed by atoms with E-state index in [9.17, 15) is 18.0 Å². The van der Waals surface area contributed by atoms with E-state index in [1.54, 1.807) is 11.3 Å². The summed E-state index contributed by atoms with van der Waals surface area (Å²) < 4.78 is 24.5. The zero-order chi connectivity index (χ0) is 18.9. The van der Waals surface area contributed by atoms with Crippen LogP contribution in [0.2, 0.25) is 0 Å². The van der Waals surface area contributed by atoms with Crippen molar-refractivity contribution in [3.63, 3.8) is 0 Å². The average molecular weight is 463 g/mol. The van der Waals surface area contributed by atoms with E-state index < -0.39 is 15.8 Å². The van der Waals surface area contributed by atoms with Gasteiger partial charge in [0.1, 0.15) is 0 Å². The van der Waals surface area contributed by atoms with Crippen molar-refractivity contribution in [1.29, 1.82) is 0 Å². The maximum absolute atomic E-state index is 12.6. The molecule has 3 atom stereocenters. The highest BCUT2D eigenvalue weighted by Crippen LogP contribution is 2.26. The molecule has 0 bridgehead atoms. The second kappa shape index (κ2) is 7.98. The lowest BCUT2D eigenvalue weighted by atomic mass is 10.0. The Labute approximate surface area is 166 Å². The molecule has 6 nitrogen and oxygen atoms in total. The zero-order valence-corrected chi connectivity index (χ0v) is 17.8. The van der Waals surface area contributed by atoms with E-state index in [1.165, 1.54) is 0 Å². The lowest BCUT2D eigenvalue weighted by Crippen LogP contribution is -2.48. The molecule has 3 rings (SSSR count). The normalized spacial score (nSPS) is 28.1. The van der Waals surface area contributed by atoms with Gasteiger partial charge in [0, 0.05) is 12.6 Å². The van der Waals surface area contributed by atoms with Crippen LogP contribution in [0.25, 0.3) is 0 Å². The summed E-state index contributed by atoms with van der Waals surface area (Å²) in [5, 5.41) is 4.93. The number of rotatable bonds is 4. The maximum Gasteiger partial charge on any atom is 0.227 e. The molecule has 1 N–H and O–H groups in total. The molecule has 0 saturated carbocycles. The molecule has 0 aromatic carbocycles. The van der Waals surface area contributed by atoms with Crippen molar-refractivity contribution in [2.75, 3.05) is 18.1 Å². The van der Waals surface area contributed by atoms with Gasteiger partial charge in [-0.15, -0.1) is 11.3 Å². The number of hydrogen-bond donors (Lipinski definition) is 1. The SMILES string of the molecule is C[C@@H]1[C@H](NC(=O)C2CCCS(=O)(=O)C2)CCN1C(=O)Cc1ccsc1Br. The number of likely N-dealkylation sites (tertiary alicyclic amines) is 1. The minimum atomic E-state index is -3.11. The van der Waals surface area contributed by atoms with Gasteiger partial charge in [0.05, 0.1) is 33.7 Å². The Morgan fingerprint density at radius 1 is 1.38 bits per heavy atom. The number of hydrogen-bond acceptors (Lipinski definition) is 5. The topological polar surface area (TPSA) is 83.6 Å². The number of thiophene rings is 1. The van der Waals surface area contributed by atoms with Gasteiger partial charge < -0.3 is 10.2 Å². The van der Waals surface area contributed by atoms with Crippen LogP contribution < -0.4 is 5.32 Å². The molecule has 26 heavy (non-hydrogen) atoms. The van der Waals surface area contributed by atoms with Crippen LogP contribution in [0, 0.1) is 5.92 Å². The number of carbonyl (C=O) groups is 2. The summed E-state index contributed by atoms with van der Waals surface area (Å²) >= 11 is 5.01. The van der Waals surface area contributed by atoms with Crippen LogP contribution in [0.15, 0.2) is 15.2 Å². The van der Waals surface area contributed by atoms with Crippen molar-refractivity contribution in [2.24, 2.45) is 5.92 Å². The fourth-order valence-corrected chi connectivity index (χ4v) is 6.67. The van der Waals surface area contributed by atoms with Crippen LogP contribution in [0.4, 0.5) is 0 Å². The summed E-state index contributed by atoms with van der Waals surface area (Å²) in [5.74, 6) is -0.493. The van der Waals surface area contributed by atoms with Gasteiger partial charge in [-0.2, -0.15) is 0 Å². The molecule has 1 aromatic heterocycles. The zero-order valence-electron chi connectivity index (χ0n) is 14.6. The van der Waals surface area contributed by atoms with Crippen molar-refractivity contribution in [2.45, 2.75) is 44.7 Å². The van der Waals surface area contributed by atoms with Gasteiger partial charge in [-0.05, 0) is 59.1 Å². The molecule has 0 aliphatic carbocycles. The van der Waals surface area contributed by atoms with E-state index in [1.807, 2.05) is 23.3 Å². The molecule has 144 valence electrons. The Hall–Kier alpha value is -0.930. The third-order valence-electron chi connectivity index (χ3n) is 5.27. The minimum Gasteiger partial charge on any atom is -0.351 e. The summed E-state index contributed by atoms with van der Waals surface area (Å²) in [6.07, 6.45) is 2.20. The highest BCUT2D eigenvalue weighted by Gasteiger charge is 2.37. The Morgan fingerprint density at radius 3 is 2.81 bits per heavy atom. The smallest absolute Gasteiger partial charge is 0.227 e. The molecular weight excluding hydrogens is 440 g/mol. The molecule has 2 aliphatic heterocycles. The quantitative estimate of drug-likeness (QED) is 0.741. The van der Waals surface area contributed by atoms with Gasteiger partial charge in [-0.3, -0.25) is 9.59 Å². The molecule has 3 heterocycles. The summed E-state index contributed by atoms with van der Waals surface area (Å²) in [5.41, 5.74) is 0.979. The van der Waals surface area contributed by atoms with Crippen LogP contribution in [-0.4, -0.2) is 55.3 Å². The molecule has 0 radical (unpaired) electrons. The summed E-state index contributed by atoms with van der Waals surface area (Å²) in [6, 6.07) is 1.72. The van der Waals surface area contributed by atoms with Crippen molar-refractivity contribution >= 4 is 48.9 Å². The highest BCUT2D eigenvalue weighted by molar-refractivity contribution is 9.11. The predicted molar refractivity (Wildman–Crippen MR) is 105 cm³/mol. The van der Waals surface area contributed by atoms with E-state index in [2.05, 4.69) is 21.2 Å². The second-order valence-electron chi connectivity index (χ2n) is 7.08. The van der Waals surface area contributed by atoms with Gasteiger partial charge in [-0.1, -0.05) is 0 Å². The molecule has 1 unspecified atom stereocenters. The lowest BCUT2D eigenvalue weighted by molar-refractivity contribution is -0.132. The van der Waals surface area contributed by atoms with Crippen molar-refractivity contribution in [3.05, 3.63) is 20.8 Å². The molecule has 2 fully saturated rings. The van der Waals surface area contributed by atoms with Gasteiger partial charge in [-0.25, -0.2) is 8.42 Å². The lowest BCUT2D eigenvalue weighted by Gasteiger charge is -2.27. The van der Waals surface area contributed by atoms with Crippen LogP contribution in [0.1, 0.15) is 31.7 Å². The number of halogens is 1. The number of amides is 2. The van der Waals surface area contributed by atoms with Crippen molar-refractivity contribution in [3.8, 4) is 0 Å². The molecule has 1 aromatic rings. The van der Waals surface area contributed by atoms with E-state index in [0.29, 0.717) is 32.2 Å². The maximum atomic E-state index is 12.6. The van der Waals surface area contributed by atoms with Gasteiger partial charge in [0.2, 0.25) is 11.8 Å². The third-order valence-corrected chi connectivity index (χ3v) is 8.90. The highest BCUT2D eigenvalue weighted by atomic mass is 79.9. The summed E-state index contributed by atoms with van der Waals surface area (Å²) in [7, 11) is -3.11. The summed E-state index contributed by atoms with van der Waals surface area (Å²) in [6.45, 7) is 2.55. The number of sulfone groups is 1. The first kappa shape index (κ1) is 19.8. The average Bonchev–Trinajstić information content (AvgIpc) is 3.13. The molecular formula is C17H23BrN2O4S2. The number of carbonyl (C=O) groups excluding carboxylic acids is 2. The van der Waals surface area contributed by atoms with E-state index in [4.69, 9.17) is 0 Å². The summed E-state index contributed by atoms with van der Waals surface area (Å²) in [4.78, 5) is 26.9. The van der Waals surface area contributed by atoms with Crippen LogP contribution in [-0.2, 0) is 25.8 Å². The Balaban J connectivity index is 1.57. The Morgan fingerprint density at radius 2 is 2.15 bits per heavy atom. The fraction of sp³-hybridized carbons (Fsp3) is 0.647. The monoisotopic (exact) mass is 462 g/mol. The van der Waals surface area contributed by atoms with Crippen LogP contribution in [0.3, 0.4) is 0 Å². The molecule has 2 saturated heterocycles. The largest absolute Gasteiger partial charge is 0.351 e. The number of nitrogens with zero attached hydrogens (tertiary/aromatic N) is 1. The van der Waals surface area contributed by atoms with Gasteiger partial charge >= 0.3 is 0 Å². The first-order valence-electron chi connectivity index (χ1n) is 8.79.